The second kappa shape index (κ2) is 9.38. The highest BCUT2D eigenvalue weighted by molar-refractivity contribution is 5.81. The summed E-state index contributed by atoms with van der Waals surface area (Å²) in [6, 6.07) is 0.177. The standard InChI is InChI=1S/C20H34N2O4/c1-3-20(4-2,19(25)26)13-21-17(23)15-9-11-16(12-10-15)22-18(24)14-7-5-6-8-14/h14-16H,3-13H2,1-2H3,(H,21,23)(H,22,24)(H,25,26). The van der Waals surface area contributed by atoms with Gasteiger partial charge in [-0.1, -0.05) is 26.7 Å². The van der Waals surface area contributed by atoms with Gasteiger partial charge in [-0.3, -0.25) is 14.4 Å². The third-order valence-electron chi connectivity index (χ3n) is 6.58. The maximum atomic E-state index is 12.4. The first-order valence-electron chi connectivity index (χ1n) is 10.2. The Bertz CT molecular complexity index is 502. The van der Waals surface area contributed by atoms with Crippen molar-refractivity contribution in [3.63, 3.8) is 0 Å². The van der Waals surface area contributed by atoms with E-state index in [0.717, 1.165) is 51.4 Å². The molecule has 2 aliphatic carbocycles. The Morgan fingerprint density at radius 2 is 1.42 bits per heavy atom. The van der Waals surface area contributed by atoms with Crippen LogP contribution in [-0.4, -0.2) is 35.5 Å². The molecule has 0 spiro atoms. The first kappa shape index (κ1) is 20.7. The molecule has 6 heteroatoms. The fourth-order valence-corrected chi connectivity index (χ4v) is 4.29. The molecule has 3 N–H and O–H groups in total. The molecule has 0 aromatic heterocycles. The highest BCUT2D eigenvalue weighted by Crippen LogP contribution is 2.29. The minimum atomic E-state index is -0.873. The Morgan fingerprint density at radius 3 is 1.92 bits per heavy atom. The number of aliphatic carboxylic acids is 1. The van der Waals surface area contributed by atoms with E-state index in [1.807, 2.05) is 13.8 Å². The van der Waals surface area contributed by atoms with Crippen LogP contribution in [0.25, 0.3) is 0 Å². The van der Waals surface area contributed by atoms with Crippen LogP contribution in [0, 0.1) is 17.3 Å². The fraction of sp³-hybridized carbons (Fsp3) is 0.850. The maximum absolute atomic E-state index is 12.4. The van der Waals surface area contributed by atoms with Crippen LogP contribution in [0.1, 0.15) is 78.1 Å². The van der Waals surface area contributed by atoms with Crippen molar-refractivity contribution in [3.8, 4) is 0 Å². The minimum absolute atomic E-state index is 0.0434. The number of carbonyl (C=O) groups excluding carboxylic acids is 2. The van der Waals surface area contributed by atoms with Crippen LogP contribution in [0.5, 0.6) is 0 Å². The lowest BCUT2D eigenvalue weighted by atomic mass is 9.81. The molecule has 0 unspecified atom stereocenters. The van der Waals surface area contributed by atoms with Gasteiger partial charge in [0, 0.05) is 24.4 Å². The smallest absolute Gasteiger partial charge is 0.311 e. The predicted octanol–water partition coefficient (Wildman–Crippen LogP) is 2.86. The van der Waals surface area contributed by atoms with E-state index in [-0.39, 0.29) is 36.2 Å². The molecule has 0 aromatic rings. The van der Waals surface area contributed by atoms with Crippen LogP contribution in [0.15, 0.2) is 0 Å². The van der Waals surface area contributed by atoms with Gasteiger partial charge in [-0.25, -0.2) is 0 Å². The lowest BCUT2D eigenvalue weighted by Crippen LogP contribution is -2.46. The summed E-state index contributed by atoms with van der Waals surface area (Å²) in [6.07, 6.45) is 8.45. The van der Waals surface area contributed by atoms with Crippen LogP contribution in [-0.2, 0) is 14.4 Å². The summed E-state index contributed by atoms with van der Waals surface area (Å²) in [4.78, 5) is 36.2. The second-order valence-electron chi connectivity index (χ2n) is 8.05. The number of hydrogen-bond acceptors (Lipinski definition) is 3. The maximum Gasteiger partial charge on any atom is 0.311 e. The van der Waals surface area contributed by atoms with Crippen molar-refractivity contribution in [1.29, 1.82) is 0 Å². The molecule has 2 rings (SSSR count). The molecule has 2 aliphatic rings. The summed E-state index contributed by atoms with van der Waals surface area (Å²) in [5.74, 6) is -0.593. The van der Waals surface area contributed by atoms with E-state index >= 15 is 0 Å². The van der Waals surface area contributed by atoms with Crippen molar-refractivity contribution in [3.05, 3.63) is 0 Å². The van der Waals surface area contributed by atoms with Crippen LogP contribution in [0.2, 0.25) is 0 Å². The number of carboxylic acids is 1. The molecule has 0 aliphatic heterocycles. The number of carboxylic acid groups (broad SMARTS) is 1. The van der Waals surface area contributed by atoms with Gasteiger partial charge in [-0.05, 0) is 51.4 Å². The monoisotopic (exact) mass is 366 g/mol. The third-order valence-corrected chi connectivity index (χ3v) is 6.58. The highest BCUT2D eigenvalue weighted by atomic mass is 16.4. The Hall–Kier alpha value is -1.59. The van der Waals surface area contributed by atoms with E-state index in [9.17, 15) is 19.5 Å². The summed E-state index contributed by atoms with van der Waals surface area (Å²) in [7, 11) is 0. The van der Waals surface area contributed by atoms with Crippen LogP contribution >= 0.6 is 0 Å². The molecular formula is C20H34N2O4. The number of hydrogen-bond donors (Lipinski definition) is 3. The molecule has 2 saturated carbocycles. The van der Waals surface area contributed by atoms with Gasteiger partial charge in [0.1, 0.15) is 0 Å². The Morgan fingerprint density at radius 1 is 0.885 bits per heavy atom. The van der Waals surface area contributed by atoms with Crippen LogP contribution in [0.4, 0.5) is 0 Å². The van der Waals surface area contributed by atoms with Gasteiger partial charge in [0.25, 0.3) is 0 Å². The van der Waals surface area contributed by atoms with E-state index in [4.69, 9.17) is 0 Å². The lowest BCUT2D eigenvalue weighted by molar-refractivity contribution is -0.149. The first-order valence-corrected chi connectivity index (χ1v) is 10.2. The van der Waals surface area contributed by atoms with Gasteiger partial charge in [0.15, 0.2) is 0 Å². The first-order chi connectivity index (χ1) is 12.4. The van der Waals surface area contributed by atoms with Crippen LogP contribution < -0.4 is 10.6 Å². The highest BCUT2D eigenvalue weighted by Gasteiger charge is 2.36. The van der Waals surface area contributed by atoms with E-state index in [1.165, 1.54) is 0 Å². The zero-order chi connectivity index (χ0) is 19.2. The number of carbonyl (C=O) groups is 3. The van der Waals surface area contributed by atoms with E-state index < -0.39 is 11.4 Å². The summed E-state index contributed by atoms with van der Waals surface area (Å²) < 4.78 is 0. The lowest BCUT2D eigenvalue weighted by Gasteiger charge is -2.31. The quantitative estimate of drug-likeness (QED) is 0.615. The van der Waals surface area contributed by atoms with Gasteiger partial charge in [-0.15, -0.1) is 0 Å². The van der Waals surface area contributed by atoms with Crippen molar-refractivity contribution in [1.82, 2.24) is 10.6 Å². The SMILES string of the molecule is CCC(CC)(CNC(=O)C1CCC(NC(=O)C2CCCC2)CC1)C(=O)O. The summed E-state index contributed by atoms with van der Waals surface area (Å²) in [5.41, 5.74) is -0.873. The van der Waals surface area contributed by atoms with Gasteiger partial charge in [0.05, 0.1) is 5.41 Å². The minimum Gasteiger partial charge on any atom is -0.481 e. The molecule has 6 nitrogen and oxygen atoms in total. The molecule has 2 amide bonds. The van der Waals surface area contributed by atoms with Crippen molar-refractivity contribution in [2.24, 2.45) is 17.3 Å². The van der Waals surface area contributed by atoms with Gasteiger partial charge in [-0.2, -0.15) is 0 Å². The molecular weight excluding hydrogens is 332 g/mol. The van der Waals surface area contributed by atoms with E-state index in [2.05, 4.69) is 10.6 Å². The summed E-state index contributed by atoms with van der Waals surface area (Å²) in [5, 5.41) is 15.5. The Labute approximate surface area is 156 Å². The van der Waals surface area contributed by atoms with Gasteiger partial charge < -0.3 is 15.7 Å². The molecule has 0 radical (unpaired) electrons. The molecule has 0 aromatic carbocycles. The van der Waals surface area contributed by atoms with Gasteiger partial charge in [0.2, 0.25) is 11.8 Å². The molecule has 2 fully saturated rings. The number of amides is 2. The molecule has 0 saturated heterocycles. The molecule has 0 heterocycles. The fourth-order valence-electron chi connectivity index (χ4n) is 4.29. The van der Waals surface area contributed by atoms with Crippen molar-refractivity contribution in [2.75, 3.05) is 6.54 Å². The number of rotatable bonds is 8. The topological polar surface area (TPSA) is 95.5 Å². The molecule has 0 atom stereocenters. The third kappa shape index (κ3) is 4.98. The van der Waals surface area contributed by atoms with E-state index in [0.29, 0.717) is 12.8 Å². The van der Waals surface area contributed by atoms with Crippen molar-refractivity contribution >= 4 is 17.8 Å². The van der Waals surface area contributed by atoms with Crippen molar-refractivity contribution < 1.29 is 19.5 Å². The van der Waals surface area contributed by atoms with Gasteiger partial charge >= 0.3 is 5.97 Å². The predicted molar refractivity (Wildman–Crippen MR) is 99.5 cm³/mol. The zero-order valence-electron chi connectivity index (χ0n) is 16.2. The second-order valence-corrected chi connectivity index (χ2v) is 8.05. The average Bonchev–Trinajstić information content (AvgIpc) is 3.18. The molecule has 26 heavy (non-hydrogen) atoms. The van der Waals surface area contributed by atoms with Crippen LogP contribution in [0.3, 0.4) is 0 Å². The Kier molecular flexibility index (Phi) is 7.47. The Balaban J connectivity index is 1.75. The average molecular weight is 367 g/mol. The molecule has 0 bridgehead atoms. The summed E-state index contributed by atoms with van der Waals surface area (Å²) >= 11 is 0. The normalized spacial score (nSPS) is 24.2. The number of nitrogens with one attached hydrogen (secondary N) is 2. The zero-order valence-corrected chi connectivity index (χ0v) is 16.2. The largest absolute Gasteiger partial charge is 0.481 e. The summed E-state index contributed by atoms with van der Waals surface area (Å²) in [6.45, 7) is 3.89. The molecule has 148 valence electrons. The van der Waals surface area contributed by atoms with E-state index in [1.54, 1.807) is 0 Å². The van der Waals surface area contributed by atoms with Crippen molar-refractivity contribution in [2.45, 2.75) is 84.1 Å².